The second-order valence-corrected chi connectivity index (χ2v) is 5.98. The summed E-state index contributed by atoms with van der Waals surface area (Å²) in [5.41, 5.74) is 3.71. The summed E-state index contributed by atoms with van der Waals surface area (Å²) in [4.78, 5) is 16.7. The Balaban J connectivity index is 2.07. The minimum atomic E-state index is -0.0681. The molecule has 0 spiro atoms. The summed E-state index contributed by atoms with van der Waals surface area (Å²) in [5, 5.41) is 9.16. The van der Waals surface area contributed by atoms with E-state index in [2.05, 4.69) is 22.5 Å². The highest BCUT2D eigenvalue weighted by molar-refractivity contribution is 7.09. The van der Waals surface area contributed by atoms with Crippen molar-refractivity contribution in [3.8, 4) is 0 Å². The highest BCUT2D eigenvalue weighted by atomic mass is 32.1. The van der Waals surface area contributed by atoms with Crippen LogP contribution in [0.2, 0.25) is 0 Å². The predicted octanol–water partition coefficient (Wildman–Crippen LogP) is 3.51. The zero-order chi connectivity index (χ0) is 15.2. The number of rotatable bonds is 6. The first kappa shape index (κ1) is 15.5. The number of nitrogens with one attached hydrogen (secondary N) is 2. The van der Waals surface area contributed by atoms with Gasteiger partial charge in [-0.2, -0.15) is 0 Å². The molecule has 0 saturated heterocycles. The third kappa shape index (κ3) is 4.29. The summed E-state index contributed by atoms with van der Waals surface area (Å²) in [7, 11) is 0. The number of thiazole rings is 1. The van der Waals surface area contributed by atoms with Crippen molar-refractivity contribution < 1.29 is 4.79 Å². The SMILES string of the molecule is CCCNc1cc(C)ccc1C(=O)NCc1nc(C)cs1. The lowest BCUT2D eigenvalue weighted by atomic mass is 10.1. The number of hydrogen-bond donors (Lipinski definition) is 2. The van der Waals surface area contributed by atoms with Gasteiger partial charge in [-0.3, -0.25) is 4.79 Å². The molecule has 2 N–H and O–H groups in total. The number of nitrogens with zero attached hydrogens (tertiary/aromatic N) is 1. The first-order valence-corrected chi connectivity index (χ1v) is 8.02. The van der Waals surface area contributed by atoms with E-state index in [-0.39, 0.29) is 5.91 Å². The second kappa shape index (κ2) is 7.22. The van der Waals surface area contributed by atoms with Crippen molar-refractivity contribution >= 4 is 22.9 Å². The first-order chi connectivity index (χ1) is 10.1. The van der Waals surface area contributed by atoms with Crippen LogP contribution in [0.25, 0.3) is 0 Å². The predicted molar refractivity (Wildman–Crippen MR) is 88.0 cm³/mol. The number of hydrogen-bond acceptors (Lipinski definition) is 4. The van der Waals surface area contributed by atoms with E-state index in [0.29, 0.717) is 12.1 Å². The minimum absolute atomic E-state index is 0.0681. The Bertz CT molecular complexity index is 622. The van der Waals surface area contributed by atoms with Crippen LogP contribution in [-0.2, 0) is 6.54 Å². The molecule has 2 aromatic rings. The zero-order valence-corrected chi connectivity index (χ0v) is 13.5. The number of anilines is 1. The fraction of sp³-hybridized carbons (Fsp3) is 0.375. The Hall–Kier alpha value is -1.88. The Morgan fingerprint density at radius 2 is 2.14 bits per heavy atom. The van der Waals surface area contributed by atoms with Gasteiger partial charge in [-0.1, -0.05) is 13.0 Å². The van der Waals surface area contributed by atoms with Crippen LogP contribution < -0.4 is 10.6 Å². The van der Waals surface area contributed by atoms with Crippen molar-refractivity contribution in [1.82, 2.24) is 10.3 Å². The average molecular weight is 303 g/mol. The molecule has 1 heterocycles. The molecule has 0 atom stereocenters. The smallest absolute Gasteiger partial charge is 0.253 e. The van der Waals surface area contributed by atoms with Crippen molar-refractivity contribution in [3.63, 3.8) is 0 Å². The van der Waals surface area contributed by atoms with Crippen molar-refractivity contribution in [2.45, 2.75) is 33.7 Å². The summed E-state index contributed by atoms with van der Waals surface area (Å²) >= 11 is 1.57. The van der Waals surface area contributed by atoms with Crippen LogP contribution in [0.1, 0.15) is 40.0 Å². The van der Waals surface area contributed by atoms with Gasteiger partial charge in [-0.15, -0.1) is 11.3 Å². The lowest BCUT2D eigenvalue weighted by molar-refractivity contribution is 0.0951. The maximum Gasteiger partial charge on any atom is 0.253 e. The molecule has 0 unspecified atom stereocenters. The molecule has 2 rings (SSSR count). The molecule has 0 aliphatic heterocycles. The van der Waals surface area contributed by atoms with Gasteiger partial charge in [0.25, 0.3) is 5.91 Å². The van der Waals surface area contributed by atoms with Crippen molar-refractivity contribution in [2.75, 3.05) is 11.9 Å². The summed E-state index contributed by atoms with van der Waals surface area (Å²) in [6, 6.07) is 5.84. The van der Waals surface area contributed by atoms with E-state index < -0.39 is 0 Å². The highest BCUT2D eigenvalue weighted by Crippen LogP contribution is 2.18. The molecule has 1 aromatic heterocycles. The molecule has 0 radical (unpaired) electrons. The molecule has 0 fully saturated rings. The molecule has 1 aromatic carbocycles. The number of amides is 1. The standard InChI is InChI=1S/C16H21N3OS/c1-4-7-17-14-8-11(2)5-6-13(14)16(20)18-9-15-19-12(3)10-21-15/h5-6,8,10,17H,4,7,9H2,1-3H3,(H,18,20). The van der Waals surface area contributed by atoms with Gasteiger partial charge < -0.3 is 10.6 Å². The van der Waals surface area contributed by atoms with E-state index in [4.69, 9.17) is 0 Å². The number of aryl methyl sites for hydroxylation is 2. The van der Waals surface area contributed by atoms with Gasteiger partial charge in [0.15, 0.2) is 0 Å². The van der Waals surface area contributed by atoms with Gasteiger partial charge in [0.1, 0.15) is 5.01 Å². The maximum atomic E-state index is 12.3. The zero-order valence-electron chi connectivity index (χ0n) is 12.7. The molecule has 5 heteroatoms. The Morgan fingerprint density at radius 3 is 2.81 bits per heavy atom. The van der Waals surface area contributed by atoms with Crippen LogP contribution in [-0.4, -0.2) is 17.4 Å². The van der Waals surface area contributed by atoms with Crippen molar-refractivity contribution in [2.24, 2.45) is 0 Å². The summed E-state index contributed by atoms with van der Waals surface area (Å²) < 4.78 is 0. The van der Waals surface area contributed by atoms with Crippen LogP contribution in [0.3, 0.4) is 0 Å². The molecular formula is C16H21N3OS. The van der Waals surface area contributed by atoms with E-state index in [9.17, 15) is 4.79 Å². The molecule has 4 nitrogen and oxygen atoms in total. The van der Waals surface area contributed by atoms with Crippen LogP contribution in [0, 0.1) is 13.8 Å². The van der Waals surface area contributed by atoms with Gasteiger partial charge in [-0.25, -0.2) is 4.98 Å². The maximum absolute atomic E-state index is 12.3. The molecule has 112 valence electrons. The first-order valence-electron chi connectivity index (χ1n) is 7.14. The molecule has 0 saturated carbocycles. The fourth-order valence-electron chi connectivity index (χ4n) is 2.00. The quantitative estimate of drug-likeness (QED) is 0.858. The molecule has 0 aliphatic rings. The second-order valence-electron chi connectivity index (χ2n) is 5.04. The monoisotopic (exact) mass is 303 g/mol. The third-order valence-electron chi connectivity index (χ3n) is 3.05. The minimum Gasteiger partial charge on any atom is -0.384 e. The molecule has 1 amide bonds. The van der Waals surface area contributed by atoms with E-state index in [1.807, 2.05) is 37.4 Å². The van der Waals surface area contributed by atoms with Crippen LogP contribution in [0.4, 0.5) is 5.69 Å². The Labute approximate surface area is 129 Å². The number of carbonyl (C=O) groups excluding carboxylic acids is 1. The van der Waals surface area contributed by atoms with Gasteiger partial charge in [0.2, 0.25) is 0 Å². The van der Waals surface area contributed by atoms with Gasteiger partial charge in [-0.05, 0) is 38.0 Å². The van der Waals surface area contributed by atoms with Crippen LogP contribution in [0.5, 0.6) is 0 Å². The number of carbonyl (C=O) groups is 1. The third-order valence-corrected chi connectivity index (χ3v) is 4.02. The topological polar surface area (TPSA) is 54.0 Å². The van der Waals surface area contributed by atoms with E-state index >= 15 is 0 Å². The normalized spacial score (nSPS) is 10.4. The van der Waals surface area contributed by atoms with Crippen LogP contribution >= 0.6 is 11.3 Å². The Morgan fingerprint density at radius 1 is 1.33 bits per heavy atom. The highest BCUT2D eigenvalue weighted by Gasteiger charge is 2.11. The van der Waals surface area contributed by atoms with Gasteiger partial charge in [0.05, 0.1) is 12.1 Å². The number of aromatic nitrogens is 1. The van der Waals surface area contributed by atoms with E-state index in [0.717, 1.165) is 34.9 Å². The van der Waals surface area contributed by atoms with Gasteiger partial charge >= 0.3 is 0 Å². The average Bonchev–Trinajstić information content (AvgIpc) is 2.88. The van der Waals surface area contributed by atoms with E-state index in [1.165, 1.54) is 0 Å². The molecule has 0 bridgehead atoms. The largest absolute Gasteiger partial charge is 0.384 e. The Kier molecular flexibility index (Phi) is 5.33. The van der Waals surface area contributed by atoms with Crippen molar-refractivity contribution in [1.29, 1.82) is 0 Å². The molecule has 21 heavy (non-hydrogen) atoms. The lowest BCUT2D eigenvalue weighted by Crippen LogP contribution is -2.24. The summed E-state index contributed by atoms with van der Waals surface area (Å²) in [6.07, 6.45) is 1.02. The van der Waals surface area contributed by atoms with E-state index in [1.54, 1.807) is 11.3 Å². The van der Waals surface area contributed by atoms with Crippen molar-refractivity contribution in [3.05, 3.63) is 45.4 Å². The fourth-order valence-corrected chi connectivity index (χ4v) is 2.71. The van der Waals surface area contributed by atoms with Gasteiger partial charge in [0, 0.05) is 23.3 Å². The molecular weight excluding hydrogens is 282 g/mol. The summed E-state index contributed by atoms with van der Waals surface area (Å²) in [6.45, 7) is 7.41. The molecule has 0 aliphatic carbocycles. The number of benzene rings is 1. The lowest BCUT2D eigenvalue weighted by Gasteiger charge is -2.12. The summed E-state index contributed by atoms with van der Waals surface area (Å²) in [5.74, 6) is -0.0681. The van der Waals surface area contributed by atoms with Crippen LogP contribution in [0.15, 0.2) is 23.6 Å².